The Bertz CT molecular complexity index is 1190. The number of carbonyl (C=O) groups is 1. The van der Waals surface area contributed by atoms with E-state index in [4.69, 9.17) is 0 Å². The molecule has 6 heteroatoms. The molecule has 0 radical (unpaired) electrons. The average Bonchev–Trinajstić information content (AvgIpc) is 3.37. The zero-order valence-corrected chi connectivity index (χ0v) is 22.7. The van der Waals surface area contributed by atoms with Crippen molar-refractivity contribution in [1.82, 2.24) is 20.5 Å². The van der Waals surface area contributed by atoms with Crippen LogP contribution in [0.15, 0.2) is 48.5 Å². The normalized spacial score (nSPS) is 18.1. The molecule has 2 aliphatic heterocycles. The fourth-order valence-electron chi connectivity index (χ4n) is 6.04. The van der Waals surface area contributed by atoms with E-state index < -0.39 is 0 Å². The third-order valence-electron chi connectivity index (χ3n) is 8.49. The van der Waals surface area contributed by atoms with Crippen molar-refractivity contribution in [2.24, 2.45) is 5.92 Å². The Hall–Kier alpha value is -2.83. The summed E-state index contributed by atoms with van der Waals surface area (Å²) in [6, 6.07) is 18.1. The summed E-state index contributed by atoms with van der Waals surface area (Å²) in [4.78, 5) is 20.7. The van der Waals surface area contributed by atoms with E-state index in [1.807, 2.05) is 18.2 Å². The summed E-state index contributed by atoms with van der Waals surface area (Å²) in [6.07, 6.45) is 6.44. The molecule has 3 heterocycles. The molecule has 2 aliphatic rings. The van der Waals surface area contributed by atoms with Gasteiger partial charge < -0.3 is 25.4 Å². The van der Waals surface area contributed by atoms with Crippen molar-refractivity contribution in [3.63, 3.8) is 0 Å². The Balaban J connectivity index is 1.13. The summed E-state index contributed by atoms with van der Waals surface area (Å²) in [5, 5.41) is 7.63. The lowest BCUT2D eigenvalue weighted by atomic mass is 9.92. The molecule has 5 rings (SSSR count). The Morgan fingerprint density at radius 3 is 2.51 bits per heavy atom. The number of nitrogens with zero attached hydrogens (tertiary/aromatic N) is 2. The van der Waals surface area contributed by atoms with Gasteiger partial charge in [-0.1, -0.05) is 12.1 Å². The Kier molecular flexibility index (Phi) is 8.16. The molecule has 3 N–H and O–H groups in total. The molecule has 198 valence electrons. The number of aromatic nitrogens is 1. The second kappa shape index (κ2) is 11.7. The number of H-pyrrole nitrogens is 1. The lowest BCUT2D eigenvalue weighted by Gasteiger charge is -2.36. The average molecular weight is 502 g/mol. The monoisotopic (exact) mass is 501 g/mol. The number of aromatic amines is 1. The van der Waals surface area contributed by atoms with Crippen molar-refractivity contribution in [3.8, 4) is 11.3 Å². The molecule has 0 atom stereocenters. The zero-order chi connectivity index (χ0) is 25.8. The number of carbonyl (C=O) groups excluding carboxylic acids is 1. The van der Waals surface area contributed by atoms with Gasteiger partial charge in [0.25, 0.3) is 5.91 Å². The SMILES string of the molecule is CNC(=O)c1ccc2[nH]c(-c3cccc(N4CCC(NCCC5CCN(C(C)C)CC5)CC4)c3)cc2c1. The second-order valence-electron chi connectivity index (χ2n) is 11.2. The Morgan fingerprint density at radius 1 is 1.00 bits per heavy atom. The minimum Gasteiger partial charge on any atom is -0.371 e. The molecule has 1 aromatic heterocycles. The number of anilines is 1. The first-order valence-corrected chi connectivity index (χ1v) is 14.2. The molecular weight excluding hydrogens is 458 g/mol. The highest BCUT2D eigenvalue weighted by molar-refractivity contribution is 5.98. The number of hydrogen-bond donors (Lipinski definition) is 3. The molecule has 0 bridgehead atoms. The largest absolute Gasteiger partial charge is 0.371 e. The first kappa shape index (κ1) is 25.8. The van der Waals surface area contributed by atoms with Gasteiger partial charge in [-0.15, -0.1) is 0 Å². The van der Waals surface area contributed by atoms with Crippen molar-refractivity contribution in [2.45, 2.75) is 58.0 Å². The summed E-state index contributed by atoms with van der Waals surface area (Å²) >= 11 is 0. The molecule has 37 heavy (non-hydrogen) atoms. The van der Waals surface area contributed by atoms with Gasteiger partial charge in [0.15, 0.2) is 0 Å². The number of hydrogen-bond acceptors (Lipinski definition) is 4. The number of nitrogens with one attached hydrogen (secondary N) is 3. The highest BCUT2D eigenvalue weighted by atomic mass is 16.1. The Morgan fingerprint density at radius 2 is 1.78 bits per heavy atom. The maximum Gasteiger partial charge on any atom is 0.251 e. The van der Waals surface area contributed by atoms with E-state index in [0.29, 0.717) is 17.6 Å². The van der Waals surface area contributed by atoms with Crippen LogP contribution in [0.2, 0.25) is 0 Å². The van der Waals surface area contributed by atoms with Gasteiger partial charge in [-0.05, 0) is 113 Å². The summed E-state index contributed by atoms with van der Waals surface area (Å²) in [6.45, 7) is 10.5. The van der Waals surface area contributed by atoms with Crippen LogP contribution in [0.5, 0.6) is 0 Å². The van der Waals surface area contributed by atoms with Crippen LogP contribution in [-0.2, 0) is 0 Å². The fraction of sp³-hybridized carbons (Fsp3) is 0.516. The highest BCUT2D eigenvalue weighted by Crippen LogP contribution is 2.29. The van der Waals surface area contributed by atoms with E-state index in [2.05, 4.69) is 69.6 Å². The molecular formula is C31H43N5O. The van der Waals surface area contributed by atoms with E-state index in [0.717, 1.165) is 42.1 Å². The van der Waals surface area contributed by atoms with Gasteiger partial charge in [0.1, 0.15) is 0 Å². The maximum absolute atomic E-state index is 12.0. The van der Waals surface area contributed by atoms with Crippen LogP contribution in [0, 0.1) is 5.92 Å². The molecule has 1 amide bonds. The van der Waals surface area contributed by atoms with Crippen LogP contribution in [0.1, 0.15) is 56.3 Å². The predicted molar refractivity (Wildman–Crippen MR) is 154 cm³/mol. The Labute approximate surface area is 221 Å². The first-order valence-electron chi connectivity index (χ1n) is 14.2. The lowest BCUT2D eigenvalue weighted by Crippen LogP contribution is -2.43. The van der Waals surface area contributed by atoms with Gasteiger partial charge in [-0.25, -0.2) is 0 Å². The third-order valence-corrected chi connectivity index (χ3v) is 8.49. The molecule has 2 fully saturated rings. The van der Waals surface area contributed by atoms with Crippen LogP contribution < -0.4 is 15.5 Å². The third kappa shape index (κ3) is 6.19. The van der Waals surface area contributed by atoms with E-state index in [1.165, 1.54) is 56.4 Å². The standard InChI is InChI=1S/C31H43N5O/c1-22(2)35-15-10-23(11-16-35)9-14-33-27-12-17-36(18-13-27)28-6-4-5-24(20-28)30-21-26-19-25(31(37)32-3)7-8-29(26)34-30/h4-8,19-23,27,33-34H,9-18H2,1-3H3,(H,32,37). The number of benzene rings is 2. The van der Waals surface area contributed by atoms with E-state index in [9.17, 15) is 4.79 Å². The number of fused-ring (bicyclic) bond motifs is 1. The summed E-state index contributed by atoms with van der Waals surface area (Å²) in [5.41, 5.74) is 5.28. The highest BCUT2D eigenvalue weighted by Gasteiger charge is 2.22. The molecule has 0 saturated carbocycles. The summed E-state index contributed by atoms with van der Waals surface area (Å²) < 4.78 is 0. The van der Waals surface area contributed by atoms with Crippen LogP contribution in [0.3, 0.4) is 0 Å². The molecule has 0 spiro atoms. The molecule has 0 unspecified atom stereocenters. The summed E-state index contributed by atoms with van der Waals surface area (Å²) in [5.74, 6) is 0.835. The van der Waals surface area contributed by atoms with Gasteiger partial charge in [0, 0.05) is 60.1 Å². The number of rotatable bonds is 8. The molecule has 3 aromatic rings. The summed E-state index contributed by atoms with van der Waals surface area (Å²) in [7, 11) is 1.66. The fourth-order valence-corrected chi connectivity index (χ4v) is 6.04. The smallest absolute Gasteiger partial charge is 0.251 e. The van der Waals surface area contributed by atoms with Crippen molar-refractivity contribution >= 4 is 22.5 Å². The van der Waals surface area contributed by atoms with E-state index in [-0.39, 0.29) is 5.91 Å². The van der Waals surface area contributed by atoms with Crippen molar-refractivity contribution in [2.75, 3.05) is 44.7 Å². The van der Waals surface area contributed by atoms with Gasteiger partial charge >= 0.3 is 0 Å². The molecule has 2 aromatic carbocycles. The van der Waals surface area contributed by atoms with Gasteiger partial charge in [0.05, 0.1) is 0 Å². The number of amides is 1. The molecule has 0 aliphatic carbocycles. The van der Waals surface area contributed by atoms with E-state index >= 15 is 0 Å². The molecule has 2 saturated heterocycles. The molecule has 6 nitrogen and oxygen atoms in total. The number of piperidine rings is 2. The van der Waals surface area contributed by atoms with Crippen LogP contribution in [0.25, 0.3) is 22.2 Å². The second-order valence-corrected chi connectivity index (χ2v) is 11.2. The van der Waals surface area contributed by atoms with Gasteiger partial charge in [-0.2, -0.15) is 0 Å². The van der Waals surface area contributed by atoms with E-state index in [1.54, 1.807) is 7.05 Å². The van der Waals surface area contributed by atoms with Crippen molar-refractivity contribution in [3.05, 3.63) is 54.1 Å². The minimum absolute atomic E-state index is 0.0588. The van der Waals surface area contributed by atoms with Crippen LogP contribution >= 0.6 is 0 Å². The number of likely N-dealkylation sites (tertiary alicyclic amines) is 1. The zero-order valence-electron chi connectivity index (χ0n) is 22.7. The van der Waals surface area contributed by atoms with Crippen LogP contribution in [-0.4, -0.2) is 67.6 Å². The van der Waals surface area contributed by atoms with Crippen LogP contribution in [0.4, 0.5) is 5.69 Å². The first-order chi connectivity index (χ1) is 18.0. The van der Waals surface area contributed by atoms with Crippen molar-refractivity contribution in [1.29, 1.82) is 0 Å². The topological polar surface area (TPSA) is 63.4 Å². The quantitative estimate of drug-likeness (QED) is 0.394. The predicted octanol–water partition coefficient (Wildman–Crippen LogP) is 5.26. The van der Waals surface area contributed by atoms with Gasteiger partial charge in [-0.3, -0.25) is 4.79 Å². The lowest BCUT2D eigenvalue weighted by molar-refractivity contribution is 0.0963. The van der Waals surface area contributed by atoms with Crippen molar-refractivity contribution < 1.29 is 4.79 Å². The maximum atomic E-state index is 12.0. The van der Waals surface area contributed by atoms with Gasteiger partial charge in [0.2, 0.25) is 0 Å². The minimum atomic E-state index is -0.0588.